The van der Waals surface area contributed by atoms with Crippen LogP contribution in [0, 0.1) is 0 Å². The minimum atomic E-state index is -0.774. The number of rotatable bonds is 6. The lowest BCUT2D eigenvalue weighted by Crippen LogP contribution is -2.40. The van der Waals surface area contributed by atoms with Crippen molar-refractivity contribution in [3.63, 3.8) is 0 Å². The van der Waals surface area contributed by atoms with E-state index in [-0.39, 0.29) is 0 Å². The van der Waals surface area contributed by atoms with Crippen LogP contribution in [0.4, 0.5) is 0 Å². The molecule has 1 aromatic heterocycles. The number of carboxylic acid groups (broad SMARTS) is 1. The highest BCUT2D eigenvalue weighted by atomic mass is 16.4. The molecule has 1 aromatic carbocycles. The van der Waals surface area contributed by atoms with Gasteiger partial charge in [-0.1, -0.05) is 18.2 Å². The lowest BCUT2D eigenvalue weighted by molar-refractivity contribution is -0.143. The molecule has 5 heteroatoms. The second kappa shape index (κ2) is 5.69. The van der Waals surface area contributed by atoms with Crippen molar-refractivity contribution in [2.75, 3.05) is 0 Å². The molecule has 1 aliphatic carbocycles. The Morgan fingerprint density at radius 3 is 2.71 bits per heavy atom. The van der Waals surface area contributed by atoms with Crippen molar-refractivity contribution in [2.45, 2.75) is 38.4 Å². The average molecular weight is 285 g/mol. The molecular formula is C16H19N3O2. The summed E-state index contributed by atoms with van der Waals surface area (Å²) in [4.78, 5) is 13.3. The molecule has 0 amide bonds. The number of benzene rings is 1. The van der Waals surface area contributed by atoms with Gasteiger partial charge in [0.25, 0.3) is 0 Å². The maximum Gasteiger partial charge on any atom is 0.320 e. The second-order valence-electron chi connectivity index (χ2n) is 5.50. The van der Waals surface area contributed by atoms with Gasteiger partial charge in [0.2, 0.25) is 0 Å². The van der Waals surface area contributed by atoms with E-state index in [2.05, 4.69) is 5.10 Å². The van der Waals surface area contributed by atoms with Gasteiger partial charge >= 0.3 is 5.97 Å². The molecule has 1 fully saturated rings. The van der Waals surface area contributed by atoms with Crippen LogP contribution >= 0.6 is 0 Å². The zero-order chi connectivity index (χ0) is 14.8. The molecule has 21 heavy (non-hydrogen) atoms. The van der Waals surface area contributed by atoms with Gasteiger partial charge in [0.05, 0.1) is 11.4 Å². The van der Waals surface area contributed by atoms with Gasteiger partial charge in [-0.3, -0.25) is 9.69 Å². The summed E-state index contributed by atoms with van der Waals surface area (Å²) >= 11 is 0. The Morgan fingerprint density at radius 2 is 2.10 bits per heavy atom. The SMILES string of the molecule is CC(C(=O)O)N(Cc1ccn(-c2ccccc2)n1)C1CC1. The van der Waals surface area contributed by atoms with Gasteiger partial charge < -0.3 is 5.11 Å². The van der Waals surface area contributed by atoms with Crippen LogP contribution in [0.15, 0.2) is 42.6 Å². The van der Waals surface area contributed by atoms with E-state index in [0.29, 0.717) is 12.6 Å². The quantitative estimate of drug-likeness (QED) is 0.885. The molecule has 3 rings (SSSR count). The van der Waals surface area contributed by atoms with Crippen LogP contribution in [-0.2, 0) is 11.3 Å². The molecule has 1 saturated carbocycles. The summed E-state index contributed by atoms with van der Waals surface area (Å²) in [5, 5.41) is 13.8. The standard InChI is InChI=1S/C16H19N3O2/c1-12(16(20)21)18(14-7-8-14)11-13-9-10-19(17-13)15-5-3-2-4-6-15/h2-6,9-10,12,14H,7-8,11H2,1H3,(H,20,21). The van der Waals surface area contributed by atoms with Crippen molar-refractivity contribution < 1.29 is 9.90 Å². The molecule has 1 unspecified atom stereocenters. The molecule has 1 atom stereocenters. The predicted molar refractivity (Wildman–Crippen MR) is 79.2 cm³/mol. The average Bonchev–Trinajstić information content (AvgIpc) is 3.23. The smallest absolute Gasteiger partial charge is 0.320 e. The first-order valence-electron chi connectivity index (χ1n) is 7.23. The molecule has 0 spiro atoms. The highest BCUT2D eigenvalue weighted by Gasteiger charge is 2.35. The van der Waals surface area contributed by atoms with Gasteiger partial charge in [-0.15, -0.1) is 0 Å². The number of carbonyl (C=O) groups is 1. The summed E-state index contributed by atoms with van der Waals surface area (Å²) in [6.45, 7) is 2.33. The first-order chi connectivity index (χ1) is 10.1. The molecule has 5 nitrogen and oxygen atoms in total. The largest absolute Gasteiger partial charge is 0.480 e. The van der Waals surface area contributed by atoms with Crippen molar-refractivity contribution in [3.05, 3.63) is 48.3 Å². The van der Waals surface area contributed by atoms with Crippen molar-refractivity contribution in [1.82, 2.24) is 14.7 Å². The maximum absolute atomic E-state index is 11.2. The van der Waals surface area contributed by atoms with Gasteiger partial charge in [0.1, 0.15) is 6.04 Å². The third-order valence-corrected chi connectivity index (χ3v) is 3.88. The summed E-state index contributed by atoms with van der Waals surface area (Å²) in [6.07, 6.45) is 4.08. The third kappa shape index (κ3) is 3.13. The normalized spacial score (nSPS) is 16.1. The van der Waals surface area contributed by atoms with E-state index in [1.807, 2.05) is 52.2 Å². The third-order valence-electron chi connectivity index (χ3n) is 3.88. The summed E-state index contributed by atoms with van der Waals surface area (Å²) in [5.74, 6) is -0.774. The van der Waals surface area contributed by atoms with Crippen LogP contribution < -0.4 is 0 Å². The van der Waals surface area contributed by atoms with Crippen molar-refractivity contribution in [1.29, 1.82) is 0 Å². The Bertz CT molecular complexity index is 619. The lowest BCUT2D eigenvalue weighted by Gasteiger charge is -2.25. The molecule has 1 aliphatic rings. The van der Waals surface area contributed by atoms with Gasteiger partial charge in [0, 0.05) is 18.8 Å². The van der Waals surface area contributed by atoms with Crippen LogP contribution in [0.2, 0.25) is 0 Å². The van der Waals surface area contributed by atoms with Crippen molar-refractivity contribution in [2.24, 2.45) is 0 Å². The number of hydrogen-bond acceptors (Lipinski definition) is 3. The molecule has 1 heterocycles. The molecule has 0 radical (unpaired) electrons. The second-order valence-corrected chi connectivity index (χ2v) is 5.50. The number of aromatic nitrogens is 2. The summed E-state index contributed by atoms with van der Waals surface area (Å²) in [6, 6.07) is 11.8. The fourth-order valence-electron chi connectivity index (χ4n) is 2.49. The summed E-state index contributed by atoms with van der Waals surface area (Å²) in [5.41, 5.74) is 1.91. The van der Waals surface area contributed by atoms with E-state index in [0.717, 1.165) is 24.2 Å². The Morgan fingerprint density at radius 1 is 1.38 bits per heavy atom. The summed E-state index contributed by atoms with van der Waals surface area (Å²) in [7, 11) is 0. The lowest BCUT2D eigenvalue weighted by atomic mass is 10.2. The minimum absolute atomic E-state index is 0.387. The molecule has 0 bridgehead atoms. The Labute approximate surface area is 123 Å². The maximum atomic E-state index is 11.2. The van der Waals surface area contributed by atoms with Crippen molar-refractivity contribution >= 4 is 5.97 Å². The fraction of sp³-hybridized carbons (Fsp3) is 0.375. The van der Waals surface area contributed by atoms with E-state index in [1.165, 1.54) is 0 Å². The number of para-hydroxylation sites is 1. The predicted octanol–water partition coefficient (Wildman–Crippen LogP) is 2.31. The Hall–Kier alpha value is -2.14. The first-order valence-corrected chi connectivity index (χ1v) is 7.23. The van der Waals surface area contributed by atoms with Crippen LogP contribution in [0.5, 0.6) is 0 Å². The zero-order valence-corrected chi connectivity index (χ0v) is 12.0. The topological polar surface area (TPSA) is 58.4 Å². The van der Waals surface area contributed by atoms with E-state index < -0.39 is 12.0 Å². The number of hydrogen-bond donors (Lipinski definition) is 1. The monoisotopic (exact) mass is 285 g/mol. The first kappa shape index (κ1) is 13.8. The Balaban J connectivity index is 1.75. The van der Waals surface area contributed by atoms with Crippen molar-refractivity contribution in [3.8, 4) is 5.69 Å². The van der Waals surface area contributed by atoms with E-state index in [1.54, 1.807) is 6.92 Å². The number of carboxylic acids is 1. The van der Waals surface area contributed by atoms with E-state index in [4.69, 9.17) is 0 Å². The molecule has 1 N–H and O–H groups in total. The number of aliphatic carboxylic acids is 1. The summed E-state index contributed by atoms with van der Waals surface area (Å²) < 4.78 is 1.83. The molecule has 0 saturated heterocycles. The molecule has 110 valence electrons. The van der Waals surface area contributed by atoms with Crippen LogP contribution in [0.3, 0.4) is 0 Å². The van der Waals surface area contributed by atoms with E-state index >= 15 is 0 Å². The Kier molecular flexibility index (Phi) is 3.75. The minimum Gasteiger partial charge on any atom is -0.480 e. The molecule has 2 aromatic rings. The molecular weight excluding hydrogens is 266 g/mol. The van der Waals surface area contributed by atoms with Gasteiger partial charge in [-0.2, -0.15) is 5.10 Å². The van der Waals surface area contributed by atoms with E-state index in [9.17, 15) is 9.90 Å². The zero-order valence-electron chi connectivity index (χ0n) is 12.0. The van der Waals surface area contributed by atoms with Gasteiger partial charge in [-0.25, -0.2) is 4.68 Å². The number of nitrogens with zero attached hydrogens (tertiary/aromatic N) is 3. The van der Waals surface area contributed by atoms with Crippen LogP contribution in [-0.4, -0.2) is 37.8 Å². The van der Waals surface area contributed by atoms with Gasteiger partial charge in [0.15, 0.2) is 0 Å². The van der Waals surface area contributed by atoms with Gasteiger partial charge in [-0.05, 0) is 38.0 Å². The van der Waals surface area contributed by atoms with Crippen LogP contribution in [0.1, 0.15) is 25.5 Å². The highest BCUT2D eigenvalue weighted by molar-refractivity contribution is 5.73. The fourth-order valence-corrected chi connectivity index (χ4v) is 2.49. The molecule has 0 aliphatic heterocycles. The van der Waals surface area contributed by atoms with Crippen LogP contribution in [0.25, 0.3) is 5.69 Å². The highest BCUT2D eigenvalue weighted by Crippen LogP contribution is 2.30.